The fourth-order valence-electron chi connectivity index (χ4n) is 2.41. The zero-order valence-corrected chi connectivity index (χ0v) is 12.5. The molecule has 0 spiro atoms. The topological polar surface area (TPSA) is 61.4 Å². The van der Waals surface area contributed by atoms with Gasteiger partial charge in [-0.1, -0.05) is 28.1 Å². The first kappa shape index (κ1) is 13.4. The van der Waals surface area contributed by atoms with E-state index in [-0.39, 0.29) is 11.9 Å². The first-order chi connectivity index (χ1) is 9.63. The average molecular weight is 338 g/mol. The molecular formula is C14H16BrN3O2. The Kier molecular flexibility index (Phi) is 3.65. The molecule has 2 N–H and O–H groups in total. The number of hydrogen-bond acceptors (Lipinski definition) is 2. The number of rotatable bonds is 4. The maximum absolute atomic E-state index is 12.5. The maximum Gasteiger partial charge on any atom is 0.315 e. The van der Waals surface area contributed by atoms with Crippen LogP contribution in [0.3, 0.4) is 0 Å². The SMILES string of the molecule is O=C1NCC(C(=O)N(Cc2cccc(Br)c2)C2CC2)N1. The molecule has 0 aromatic heterocycles. The lowest BCUT2D eigenvalue weighted by atomic mass is 10.2. The zero-order chi connectivity index (χ0) is 14.1. The minimum atomic E-state index is -0.435. The normalized spacial score (nSPS) is 21.2. The van der Waals surface area contributed by atoms with Crippen LogP contribution < -0.4 is 10.6 Å². The summed E-state index contributed by atoms with van der Waals surface area (Å²) < 4.78 is 1.01. The van der Waals surface area contributed by atoms with Gasteiger partial charge in [0.2, 0.25) is 5.91 Å². The molecule has 1 aliphatic carbocycles. The maximum atomic E-state index is 12.5. The summed E-state index contributed by atoms with van der Waals surface area (Å²) in [5.74, 6) is 0.00539. The minimum absolute atomic E-state index is 0.00539. The third kappa shape index (κ3) is 2.95. The monoisotopic (exact) mass is 337 g/mol. The second kappa shape index (κ2) is 5.44. The Morgan fingerprint density at radius 3 is 2.80 bits per heavy atom. The van der Waals surface area contributed by atoms with Crippen molar-refractivity contribution in [1.82, 2.24) is 15.5 Å². The van der Waals surface area contributed by atoms with Crippen LogP contribution >= 0.6 is 15.9 Å². The Morgan fingerprint density at radius 1 is 1.40 bits per heavy atom. The van der Waals surface area contributed by atoms with Crippen LogP contribution in [-0.2, 0) is 11.3 Å². The predicted octanol–water partition coefficient (Wildman–Crippen LogP) is 1.62. The Labute approximate surface area is 125 Å². The highest BCUT2D eigenvalue weighted by atomic mass is 79.9. The number of benzene rings is 1. The average Bonchev–Trinajstić information content (AvgIpc) is 3.17. The van der Waals surface area contributed by atoms with E-state index in [1.54, 1.807) is 0 Å². The lowest BCUT2D eigenvalue weighted by Gasteiger charge is -2.25. The quantitative estimate of drug-likeness (QED) is 0.877. The van der Waals surface area contributed by atoms with Gasteiger partial charge in [-0.15, -0.1) is 0 Å². The van der Waals surface area contributed by atoms with E-state index in [2.05, 4.69) is 26.6 Å². The van der Waals surface area contributed by atoms with E-state index < -0.39 is 6.04 Å². The number of hydrogen-bond donors (Lipinski definition) is 2. The van der Waals surface area contributed by atoms with E-state index >= 15 is 0 Å². The lowest BCUT2D eigenvalue weighted by molar-refractivity contribution is -0.133. The van der Waals surface area contributed by atoms with E-state index in [4.69, 9.17) is 0 Å². The van der Waals surface area contributed by atoms with Gasteiger partial charge in [0, 0.05) is 23.6 Å². The van der Waals surface area contributed by atoms with Crippen molar-refractivity contribution in [3.63, 3.8) is 0 Å². The number of carbonyl (C=O) groups excluding carboxylic acids is 2. The number of amides is 3. The Hall–Kier alpha value is -1.56. The van der Waals surface area contributed by atoms with E-state index in [1.807, 2.05) is 29.2 Å². The smallest absolute Gasteiger partial charge is 0.315 e. The van der Waals surface area contributed by atoms with Crippen LogP contribution in [0.25, 0.3) is 0 Å². The Bertz CT molecular complexity index is 545. The van der Waals surface area contributed by atoms with E-state index in [9.17, 15) is 9.59 Å². The van der Waals surface area contributed by atoms with Crippen molar-refractivity contribution in [3.8, 4) is 0 Å². The summed E-state index contributed by atoms with van der Waals surface area (Å²) in [6, 6.07) is 7.59. The van der Waals surface area contributed by atoms with Crippen LogP contribution in [0.15, 0.2) is 28.7 Å². The molecule has 0 bridgehead atoms. The van der Waals surface area contributed by atoms with E-state index in [0.717, 1.165) is 22.9 Å². The summed E-state index contributed by atoms with van der Waals surface area (Å²) in [4.78, 5) is 25.6. The van der Waals surface area contributed by atoms with Crippen molar-refractivity contribution in [2.24, 2.45) is 0 Å². The molecular weight excluding hydrogens is 322 g/mol. The number of nitrogens with one attached hydrogen (secondary N) is 2. The summed E-state index contributed by atoms with van der Waals surface area (Å²) in [5.41, 5.74) is 1.09. The van der Waals surface area contributed by atoms with Gasteiger partial charge in [0.25, 0.3) is 0 Å². The molecule has 6 heteroatoms. The van der Waals surface area contributed by atoms with Gasteiger partial charge in [-0.3, -0.25) is 4.79 Å². The Balaban J connectivity index is 1.72. The van der Waals surface area contributed by atoms with Gasteiger partial charge in [0.05, 0.1) is 0 Å². The third-order valence-electron chi connectivity index (χ3n) is 3.58. The molecule has 1 saturated heterocycles. The highest BCUT2D eigenvalue weighted by Crippen LogP contribution is 2.29. The third-order valence-corrected chi connectivity index (χ3v) is 4.08. The van der Waals surface area contributed by atoms with Gasteiger partial charge in [-0.2, -0.15) is 0 Å². The second-order valence-electron chi connectivity index (χ2n) is 5.23. The molecule has 2 aliphatic rings. The molecule has 2 fully saturated rings. The first-order valence-electron chi connectivity index (χ1n) is 6.73. The lowest BCUT2D eigenvalue weighted by Crippen LogP contribution is -2.46. The Morgan fingerprint density at radius 2 is 2.20 bits per heavy atom. The van der Waals surface area contributed by atoms with Gasteiger partial charge >= 0.3 is 6.03 Å². The zero-order valence-electron chi connectivity index (χ0n) is 10.9. The van der Waals surface area contributed by atoms with Crippen LogP contribution in [0, 0.1) is 0 Å². The number of urea groups is 1. The van der Waals surface area contributed by atoms with Crippen LogP contribution in [0.1, 0.15) is 18.4 Å². The minimum Gasteiger partial charge on any atom is -0.336 e. The van der Waals surface area contributed by atoms with Crippen molar-refractivity contribution < 1.29 is 9.59 Å². The van der Waals surface area contributed by atoms with Crippen molar-refractivity contribution in [2.45, 2.75) is 31.5 Å². The van der Waals surface area contributed by atoms with Crippen LogP contribution in [-0.4, -0.2) is 35.5 Å². The molecule has 5 nitrogen and oxygen atoms in total. The molecule has 1 saturated carbocycles. The largest absolute Gasteiger partial charge is 0.336 e. The molecule has 1 aromatic rings. The molecule has 106 valence electrons. The fraction of sp³-hybridized carbons (Fsp3) is 0.429. The number of nitrogens with zero attached hydrogens (tertiary/aromatic N) is 1. The molecule has 1 atom stereocenters. The van der Waals surface area contributed by atoms with Crippen molar-refractivity contribution in [1.29, 1.82) is 0 Å². The molecule has 1 unspecified atom stereocenters. The number of halogens is 1. The second-order valence-corrected chi connectivity index (χ2v) is 6.15. The van der Waals surface area contributed by atoms with Crippen molar-refractivity contribution in [2.75, 3.05) is 6.54 Å². The number of carbonyl (C=O) groups is 2. The van der Waals surface area contributed by atoms with Gasteiger partial charge in [-0.25, -0.2) is 4.79 Å². The summed E-state index contributed by atoms with van der Waals surface area (Å²) in [5, 5.41) is 5.30. The molecule has 1 aromatic carbocycles. The van der Waals surface area contributed by atoms with Crippen LogP contribution in [0.5, 0.6) is 0 Å². The van der Waals surface area contributed by atoms with Crippen molar-refractivity contribution >= 4 is 27.9 Å². The van der Waals surface area contributed by atoms with Crippen LogP contribution in [0.2, 0.25) is 0 Å². The van der Waals surface area contributed by atoms with Crippen molar-refractivity contribution in [3.05, 3.63) is 34.3 Å². The molecule has 3 amide bonds. The van der Waals surface area contributed by atoms with Gasteiger partial charge in [0.1, 0.15) is 6.04 Å². The molecule has 3 rings (SSSR count). The standard InChI is InChI=1S/C14H16BrN3O2/c15-10-3-1-2-9(6-10)8-18(11-4-5-11)13(19)12-7-16-14(20)17-12/h1-3,6,11-12H,4-5,7-8H2,(H2,16,17,20). The molecule has 1 heterocycles. The highest BCUT2D eigenvalue weighted by molar-refractivity contribution is 9.10. The molecule has 1 aliphatic heterocycles. The molecule has 20 heavy (non-hydrogen) atoms. The summed E-state index contributed by atoms with van der Waals surface area (Å²) in [6.45, 7) is 0.967. The summed E-state index contributed by atoms with van der Waals surface area (Å²) >= 11 is 3.45. The van der Waals surface area contributed by atoms with Crippen LogP contribution in [0.4, 0.5) is 4.79 Å². The van der Waals surface area contributed by atoms with Gasteiger partial charge < -0.3 is 15.5 Å². The van der Waals surface area contributed by atoms with E-state index in [1.165, 1.54) is 0 Å². The fourth-order valence-corrected chi connectivity index (χ4v) is 2.86. The summed E-state index contributed by atoms with van der Waals surface area (Å²) in [7, 11) is 0. The van der Waals surface area contributed by atoms with Gasteiger partial charge in [0.15, 0.2) is 0 Å². The first-order valence-corrected chi connectivity index (χ1v) is 7.52. The van der Waals surface area contributed by atoms with E-state index in [0.29, 0.717) is 19.1 Å². The highest BCUT2D eigenvalue weighted by Gasteiger charge is 2.38. The molecule has 0 radical (unpaired) electrons. The summed E-state index contributed by atoms with van der Waals surface area (Å²) in [6.07, 6.45) is 2.10. The predicted molar refractivity (Wildman–Crippen MR) is 78.0 cm³/mol. The van der Waals surface area contributed by atoms with Gasteiger partial charge in [-0.05, 0) is 30.5 Å².